The van der Waals surface area contributed by atoms with Crippen LogP contribution in [-0.2, 0) is 42.4 Å². The molecule has 2 unspecified atom stereocenters. The van der Waals surface area contributed by atoms with E-state index >= 15 is 0 Å². The van der Waals surface area contributed by atoms with Crippen molar-refractivity contribution < 1.29 is 33.4 Å². The summed E-state index contributed by atoms with van der Waals surface area (Å²) in [6, 6.07) is 8.47. The molecule has 6 rings (SSSR count). The Kier molecular flexibility index (Phi) is 7.45. The summed E-state index contributed by atoms with van der Waals surface area (Å²) < 4.78 is 18.1. The van der Waals surface area contributed by atoms with Crippen LogP contribution in [0.1, 0.15) is 53.5 Å². The molecule has 6 heterocycles. The van der Waals surface area contributed by atoms with Crippen LogP contribution < -0.4 is 0 Å². The van der Waals surface area contributed by atoms with Gasteiger partial charge in [0, 0.05) is 35.3 Å². The number of hydrogen-bond donors (Lipinski definition) is 1. The van der Waals surface area contributed by atoms with Gasteiger partial charge in [0.1, 0.15) is 36.9 Å². The molecule has 3 aliphatic rings. The lowest BCUT2D eigenvalue weighted by atomic mass is 9.89. The maximum atomic E-state index is 13.5. The maximum Gasteiger partial charge on any atom is 0.348 e. The lowest BCUT2D eigenvalue weighted by molar-refractivity contribution is -0.968. The van der Waals surface area contributed by atoms with Crippen molar-refractivity contribution in [3.05, 3.63) is 66.7 Å². The Morgan fingerprint density at radius 1 is 1.05 bits per heavy atom. The van der Waals surface area contributed by atoms with Crippen LogP contribution in [0.2, 0.25) is 0 Å². The molecule has 0 aliphatic carbocycles. The molecule has 0 amide bonds. The van der Waals surface area contributed by atoms with E-state index in [4.69, 9.17) is 14.2 Å². The van der Waals surface area contributed by atoms with Gasteiger partial charge in [-0.3, -0.25) is 4.79 Å². The second-order valence-electron chi connectivity index (χ2n) is 11.0. The van der Waals surface area contributed by atoms with E-state index < -0.39 is 11.6 Å². The molecule has 1 N–H and O–H groups in total. The van der Waals surface area contributed by atoms with Crippen molar-refractivity contribution in [2.45, 2.75) is 81.6 Å². The third kappa shape index (κ3) is 5.00. The second-order valence-corrected chi connectivity index (χ2v) is 13.8. The third-order valence-electron chi connectivity index (χ3n) is 8.61. The molecule has 2 bridgehead atoms. The minimum Gasteiger partial charge on any atom is -0.466 e. The Balaban J connectivity index is 1.11. The van der Waals surface area contributed by atoms with E-state index in [9.17, 15) is 14.7 Å². The molecule has 3 aliphatic heterocycles. The molecule has 3 saturated heterocycles. The number of morpholine rings is 1. The number of hydrogen-bond acceptors (Lipinski definition) is 9. The molecule has 3 fully saturated rings. The van der Waals surface area contributed by atoms with E-state index in [1.807, 2.05) is 39.8 Å². The monoisotopic (exact) mass is 588 g/mol. The molecular weight excluding hydrogens is 555 g/mol. The first-order chi connectivity index (χ1) is 18.8. The zero-order valence-electron chi connectivity index (χ0n) is 22.1. The summed E-state index contributed by atoms with van der Waals surface area (Å²) >= 11 is 4.73. The first-order valence-electron chi connectivity index (χ1n) is 13.5. The summed E-state index contributed by atoms with van der Waals surface area (Å²) in [6.07, 6.45) is 3.74. The van der Waals surface area contributed by atoms with Gasteiger partial charge in [-0.15, -0.1) is 11.3 Å². The highest BCUT2D eigenvalue weighted by molar-refractivity contribution is 7.12. The fourth-order valence-corrected chi connectivity index (χ4v) is 9.18. The predicted octanol–water partition coefficient (Wildman–Crippen LogP) is 4.86. The standard InChI is InChI=1S/C29H34NO6S3/c1-3-34-25(31)6-4-5-21-7-8-22(39-21)15-30(2)23-13-20(14-24(30)27-26(23)36-27)35-28(32)29(33,18-9-11-37-16-18)19-10-12-38-17-19/h7-12,16-17,20,23-24,26-27,33H,3-6,13-15H2,1-2H3/q+1/t20?,23-,24+,26-,27+,30?. The van der Waals surface area contributed by atoms with Crippen LogP contribution in [-0.4, -0.2) is 65.6 Å². The Morgan fingerprint density at radius 2 is 1.69 bits per heavy atom. The molecule has 0 saturated carbocycles. The number of esters is 2. The molecule has 3 aromatic heterocycles. The fraction of sp³-hybridized carbons (Fsp3) is 0.517. The van der Waals surface area contributed by atoms with E-state index in [2.05, 4.69) is 19.2 Å². The molecule has 7 nitrogen and oxygen atoms in total. The van der Waals surface area contributed by atoms with E-state index in [-0.39, 0.29) is 36.4 Å². The smallest absolute Gasteiger partial charge is 0.348 e. The summed E-state index contributed by atoms with van der Waals surface area (Å²) in [5.74, 6) is -0.726. The highest BCUT2D eigenvalue weighted by atomic mass is 32.1. The Morgan fingerprint density at radius 3 is 2.28 bits per heavy atom. The van der Waals surface area contributed by atoms with Gasteiger partial charge in [0.2, 0.25) is 5.60 Å². The zero-order chi connectivity index (χ0) is 27.2. The number of aryl methyl sites for hydroxylation is 1. The number of carbonyl (C=O) groups is 2. The molecule has 10 heteroatoms. The average Bonchev–Trinajstić information content (AvgIpc) is 3.36. The fourth-order valence-electron chi connectivity index (χ4n) is 6.59. The normalized spacial score (nSPS) is 29.2. The Labute approximate surface area is 240 Å². The van der Waals surface area contributed by atoms with Crippen molar-refractivity contribution in [3.8, 4) is 0 Å². The Bertz CT molecular complexity index is 1250. The lowest BCUT2D eigenvalue weighted by Crippen LogP contribution is -2.62. The van der Waals surface area contributed by atoms with Crippen LogP contribution in [0.15, 0.2) is 45.8 Å². The number of rotatable bonds is 11. The van der Waals surface area contributed by atoms with E-state index in [0.717, 1.165) is 36.7 Å². The molecular formula is C29H34NO6S3+. The van der Waals surface area contributed by atoms with E-state index in [0.29, 0.717) is 24.2 Å². The molecule has 39 heavy (non-hydrogen) atoms. The minimum absolute atomic E-state index is 0.129. The number of epoxide rings is 1. The summed E-state index contributed by atoms with van der Waals surface area (Å²) in [5.41, 5.74) is -0.691. The molecule has 0 aromatic carbocycles. The number of carbonyl (C=O) groups excluding carboxylic acids is 2. The summed E-state index contributed by atoms with van der Waals surface area (Å²) in [7, 11) is 2.32. The highest BCUT2D eigenvalue weighted by Crippen LogP contribution is 2.54. The van der Waals surface area contributed by atoms with Gasteiger partial charge < -0.3 is 23.8 Å². The van der Waals surface area contributed by atoms with Crippen LogP contribution in [0.5, 0.6) is 0 Å². The minimum atomic E-state index is -1.80. The van der Waals surface area contributed by atoms with Crippen molar-refractivity contribution in [1.82, 2.24) is 0 Å². The van der Waals surface area contributed by atoms with Gasteiger partial charge >= 0.3 is 11.9 Å². The second kappa shape index (κ2) is 10.7. The van der Waals surface area contributed by atoms with Crippen molar-refractivity contribution in [1.29, 1.82) is 0 Å². The maximum absolute atomic E-state index is 13.5. The zero-order valence-corrected chi connectivity index (χ0v) is 24.6. The van der Waals surface area contributed by atoms with Crippen LogP contribution in [0.3, 0.4) is 0 Å². The first-order valence-corrected chi connectivity index (χ1v) is 16.3. The van der Waals surface area contributed by atoms with Gasteiger partial charge in [-0.2, -0.15) is 22.7 Å². The Hall–Kier alpha value is -2.08. The van der Waals surface area contributed by atoms with Gasteiger partial charge in [-0.25, -0.2) is 4.79 Å². The molecule has 6 atom stereocenters. The lowest BCUT2D eigenvalue weighted by Gasteiger charge is -2.48. The largest absolute Gasteiger partial charge is 0.466 e. The van der Waals surface area contributed by atoms with Crippen molar-refractivity contribution in [2.75, 3.05) is 13.7 Å². The number of aliphatic hydroxyl groups is 1. The van der Waals surface area contributed by atoms with Crippen molar-refractivity contribution >= 4 is 45.9 Å². The molecule has 0 radical (unpaired) electrons. The van der Waals surface area contributed by atoms with Gasteiger partial charge in [0.05, 0.1) is 18.5 Å². The number of piperidine rings is 1. The number of quaternary nitrogens is 1. The van der Waals surface area contributed by atoms with Gasteiger partial charge in [-0.05, 0) is 65.6 Å². The number of likely N-dealkylation sites (N-methyl/N-ethyl adjacent to an activating group) is 1. The van der Waals surface area contributed by atoms with Crippen LogP contribution in [0.25, 0.3) is 0 Å². The van der Waals surface area contributed by atoms with Crippen LogP contribution >= 0.6 is 34.0 Å². The molecule has 0 spiro atoms. The third-order valence-corrected chi connectivity index (χ3v) is 11.1. The molecule has 208 valence electrons. The summed E-state index contributed by atoms with van der Waals surface area (Å²) in [5, 5.41) is 19.0. The van der Waals surface area contributed by atoms with Gasteiger partial charge in [0.15, 0.2) is 0 Å². The SMILES string of the molecule is CCOC(=O)CCCc1ccc(C[N+]2(C)[C@@H]3CC(OC(=O)C(O)(c4ccsc4)c4ccsc4)C[C@H]2[C@@H]2O[C@@H]23)s1. The van der Waals surface area contributed by atoms with Crippen LogP contribution in [0.4, 0.5) is 0 Å². The van der Waals surface area contributed by atoms with Crippen molar-refractivity contribution in [2.24, 2.45) is 0 Å². The average molecular weight is 589 g/mol. The number of ether oxygens (including phenoxy) is 3. The summed E-state index contributed by atoms with van der Waals surface area (Å²) in [4.78, 5) is 27.8. The van der Waals surface area contributed by atoms with Gasteiger partial charge in [0.25, 0.3) is 0 Å². The van der Waals surface area contributed by atoms with Crippen molar-refractivity contribution in [3.63, 3.8) is 0 Å². The van der Waals surface area contributed by atoms with E-state index in [1.54, 1.807) is 12.1 Å². The predicted molar refractivity (Wildman–Crippen MR) is 151 cm³/mol. The number of thiophene rings is 3. The number of fused-ring (bicyclic) bond motifs is 5. The van der Waals surface area contributed by atoms with Gasteiger partial charge in [-0.1, -0.05) is 0 Å². The quantitative estimate of drug-likeness (QED) is 0.196. The van der Waals surface area contributed by atoms with Crippen LogP contribution in [0, 0.1) is 0 Å². The first kappa shape index (κ1) is 27.1. The summed E-state index contributed by atoms with van der Waals surface area (Å²) in [6.45, 7) is 3.18. The molecule has 3 aromatic rings. The topological polar surface area (TPSA) is 85.4 Å². The van der Waals surface area contributed by atoms with E-state index in [1.165, 1.54) is 32.4 Å². The number of nitrogens with zero attached hydrogens (tertiary/aromatic N) is 1. The highest BCUT2D eigenvalue weighted by Gasteiger charge is 2.72.